The highest BCUT2D eigenvalue weighted by atomic mass is 16.6. The van der Waals surface area contributed by atoms with Crippen molar-refractivity contribution in [3.8, 4) is 0 Å². The first-order valence-electron chi connectivity index (χ1n) is 28.0. The van der Waals surface area contributed by atoms with Gasteiger partial charge in [0.1, 0.15) is 30.5 Å². The number of fused-ring (bicyclic) bond motifs is 10. The van der Waals surface area contributed by atoms with Gasteiger partial charge in [0.2, 0.25) is 0 Å². The molecular weight excluding hydrogens is 881 g/mol. The van der Waals surface area contributed by atoms with E-state index < -0.39 is 60.3 Å². The molecule has 0 aromatic rings. The smallest absolute Gasteiger partial charge is 0.340 e. The van der Waals surface area contributed by atoms with E-state index in [2.05, 4.69) is 104 Å². The largest absolute Gasteiger partial charge is 0.481 e. The van der Waals surface area contributed by atoms with Crippen molar-refractivity contribution >= 4 is 23.9 Å². The number of carbonyl (C=O) groups is 4. The van der Waals surface area contributed by atoms with Crippen molar-refractivity contribution in [3.63, 3.8) is 0 Å². The molecule has 0 unspecified atom stereocenters. The monoisotopic (exact) mass is 967 g/mol. The topological polar surface area (TPSA) is 135 Å². The maximum Gasteiger partial charge on any atom is 0.340 e. The lowest BCUT2D eigenvalue weighted by molar-refractivity contribution is -0.186. The molecule has 10 nitrogen and oxygen atoms in total. The quantitative estimate of drug-likeness (QED) is 0.128. The Bertz CT molecular complexity index is 2230. The molecule has 1 N–H and O–H groups in total. The van der Waals surface area contributed by atoms with Crippen LogP contribution in [-0.4, -0.2) is 59.5 Å². The number of esters is 4. The van der Waals surface area contributed by atoms with E-state index in [0.717, 1.165) is 32.1 Å². The number of aliphatic hydroxyl groups is 1. The number of aliphatic hydroxyl groups excluding tert-OH is 1. The summed E-state index contributed by atoms with van der Waals surface area (Å²) in [4.78, 5) is 62.4. The van der Waals surface area contributed by atoms with Gasteiger partial charge < -0.3 is 28.8 Å². The van der Waals surface area contributed by atoms with Crippen molar-refractivity contribution in [3.05, 3.63) is 33.8 Å². The second-order valence-electron chi connectivity index (χ2n) is 28.9. The van der Waals surface area contributed by atoms with Crippen LogP contribution in [0.15, 0.2) is 33.8 Å². The molecule has 0 aliphatic heterocycles. The van der Waals surface area contributed by atoms with Crippen molar-refractivity contribution in [1.29, 1.82) is 0 Å². The fourth-order valence-electron chi connectivity index (χ4n) is 18.9. The van der Waals surface area contributed by atoms with E-state index in [0.29, 0.717) is 91.3 Å². The third-order valence-corrected chi connectivity index (χ3v) is 25.0. The average Bonchev–Trinajstić information content (AvgIpc) is 3.66. The Morgan fingerprint density at radius 2 is 0.543 bits per heavy atom. The third-order valence-electron chi connectivity index (χ3n) is 25.0. The fourth-order valence-corrected chi connectivity index (χ4v) is 18.9. The molecule has 20 atom stereocenters. The lowest BCUT2D eigenvalue weighted by Gasteiger charge is -2.61. The molecule has 70 heavy (non-hydrogen) atoms. The Morgan fingerprint density at radius 3 is 0.743 bits per heavy atom. The number of carbonyl (C=O) groups excluding carboxylic acids is 4. The molecule has 0 radical (unpaired) electrons. The van der Waals surface area contributed by atoms with Gasteiger partial charge in [-0.15, -0.1) is 0 Å². The molecule has 15 fully saturated rings. The molecule has 10 bridgehead atoms. The molecular formula is C60H86O10. The lowest BCUT2D eigenvalue weighted by Crippen LogP contribution is -2.57. The van der Waals surface area contributed by atoms with Crippen molar-refractivity contribution in [2.45, 2.75) is 199 Å². The predicted molar refractivity (Wildman–Crippen MR) is 264 cm³/mol. The van der Waals surface area contributed by atoms with Crippen LogP contribution >= 0.6 is 0 Å². The first kappa shape index (κ1) is 48.9. The zero-order valence-electron chi connectivity index (χ0n) is 45.2. The molecule has 0 spiro atoms. The third kappa shape index (κ3) is 6.79. The fraction of sp³-hybridized carbons (Fsp3) is 0.833. The minimum Gasteiger partial charge on any atom is -0.481 e. The summed E-state index contributed by atoms with van der Waals surface area (Å²) in [6.07, 6.45) is 6.17. The molecule has 0 saturated heterocycles. The highest BCUT2D eigenvalue weighted by Gasteiger charge is 2.63. The molecule has 0 aromatic carbocycles. The normalized spacial score (nSPS) is 46.4. The molecule has 10 heteroatoms. The van der Waals surface area contributed by atoms with Gasteiger partial charge in [-0.25, -0.2) is 19.2 Å². The van der Waals surface area contributed by atoms with Gasteiger partial charge in [-0.2, -0.15) is 0 Å². The number of hydrogen-bond acceptors (Lipinski definition) is 10. The van der Waals surface area contributed by atoms with Gasteiger partial charge in [0.15, 0.2) is 0 Å². The Labute approximate surface area is 418 Å². The van der Waals surface area contributed by atoms with Gasteiger partial charge >= 0.3 is 23.9 Å². The number of rotatable bonds is 10. The van der Waals surface area contributed by atoms with Crippen LogP contribution in [0.2, 0.25) is 0 Å². The maximum atomic E-state index is 15.6. The van der Waals surface area contributed by atoms with Crippen LogP contribution in [0.1, 0.15) is 168 Å². The summed E-state index contributed by atoms with van der Waals surface area (Å²) >= 11 is 0. The SMILES string of the molecule is C[C@@H]1[C@@H](OC(=O)C2=C(C(=O)O[C@H]3C[C@H]4C[C@@H]([C@@H]3C)C4(C)C)C(C(=O)O[C@H]3C[C@H]4C[C@@H]([C@@H]3C)C4(C)C)=C(C(=O)O[C@H]3C[C@H]4C[C@@H]([C@@H]3C)C4(C)C)C2=C(O)O[C@H]2C[C@H]3C[C@@H]([C@@H]2C)C3(C)C)C[C@H]2C[C@@H]1C2(C)C. The molecule has 0 heterocycles. The molecule has 15 saturated carbocycles. The molecule has 16 aliphatic rings. The van der Waals surface area contributed by atoms with E-state index in [1.165, 1.54) is 0 Å². The summed E-state index contributed by atoms with van der Waals surface area (Å²) in [6, 6.07) is 0. The van der Waals surface area contributed by atoms with Crippen LogP contribution in [0.3, 0.4) is 0 Å². The zero-order valence-corrected chi connectivity index (χ0v) is 45.2. The summed E-state index contributed by atoms with van der Waals surface area (Å²) in [6.45, 7) is 33.5. The van der Waals surface area contributed by atoms with Crippen molar-refractivity contribution in [1.82, 2.24) is 0 Å². The highest BCUT2D eigenvalue weighted by Crippen LogP contribution is 2.66. The van der Waals surface area contributed by atoms with Crippen LogP contribution < -0.4 is 0 Å². The second-order valence-corrected chi connectivity index (χ2v) is 28.9. The lowest BCUT2D eigenvalue weighted by atomic mass is 9.45. The molecule has 386 valence electrons. The van der Waals surface area contributed by atoms with E-state index in [-0.39, 0.29) is 84.5 Å². The van der Waals surface area contributed by atoms with Gasteiger partial charge in [0, 0.05) is 0 Å². The van der Waals surface area contributed by atoms with Crippen molar-refractivity contribution < 1.29 is 48.0 Å². The zero-order chi connectivity index (χ0) is 50.4. The minimum atomic E-state index is -0.896. The first-order chi connectivity index (χ1) is 32.6. The van der Waals surface area contributed by atoms with Gasteiger partial charge in [-0.1, -0.05) is 104 Å². The summed E-state index contributed by atoms with van der Waals surface area (Å²) in [7, 11) is 0. The number of hydrogen-bond donors (Lipinski definition) is 1. The summed E-state index contributed by atoms with van der Waals surface area (Å²) in [5, 5.41) is 12.8. The van der Waals surface area contributed by atoms with Crippen LogP contribution in [0.4, 0.5) is 0 Å². The standard InChI is InChI=1S/C60H86O10/c1-26-36-16-31(56(36,6)7)21-41(26)66-51(61)46-47(52(62)67-42-22-32-17-37(27(42)2)57(32,8)9)49(54(64)69-44-24-34-19-39(29(44)4)59(34,12)13)50(55(65)70-45-25-35-20-40(30(45)5)60(35,14)15)48(46)53(63)68-43-23-33-18-38(28(43)3)58(33,10)11/h26-45,61H,16-25H2,1-15H3/t26-,27-,28-,29-,30-,31+,32+,33+,34+,35+,36-,37-,38-,39-,40-,41-,42-,43-,44-,45-/m0/s1. The van der Waals surface area contributed by atoms with E-state index in [1.807, 2.05) is 0 Å². The molecule has 0 amide bonds. The van der Waals surface area contributed by atoms with E-state index >= 15 is 19.2 Å². The predicted octanol–water partition coefficient (Wildman–Crippen LogP) is 11.9. The summed E-state index contributed by atoms with van der Waals surface area (Å²) in [5.74, 6) is -0.681. The maximum absolute atomic E-state index is 15.6. The van der Waals surface area contributed by atoms with Crippen LogP contribution in [0, 0.1) is 116 Å². The highest BCUT2D eigenvalue weighted by molar-refractivity contribution is 6.23. The Hall–Kier alpha value is -3.30. The summed E-state index contributed by atoms with van der Waals surface area (Å²) < 4.78 is 33.1. The Balaban J connectivity index is 1.04. The average molecular weight is 967 g/mol. The molecule has 0 aromatic heterocycles. The second kappa shape index (κ2) is 15.9. The van der Waals surface area contributed by atoms with E-state index in [4.69, 9.17) is 23.7 Å². The number of ether oxygens (including phenoxy) is 5. The minimum absolute atomic E-state index is 0.0141. The first-order valence-corrected chi connectivity index (χ1v) is 28.0. The van der Waals surface area contributed by atoms with Crippen LogP contribution in [-0.2, 0) is 42.9 Å². The van der Waals surface area contributed by atoms with E-state index in [9.17, 15) is 5.11 Å². The van der Waals surface area contributed by atoms with Gasteiger partial charge in [0.25, 0.3) is 5.95 Å². The van der Waals surface area contributed by atoms with Crippen LogP contribution in [0.25, 0.3) is 0 Å². The Kier molecular flexibility index (Phi) is 11.1. The van der Waals surface area contributed by atoms with Gasteiger partial charge in [-0.3, -0.25) is 0 Å². The van der Waals surface area contributed by atoms with Crippen molar-refractivity contribution in [2.75, 3.05) is 0 Å². The molecule has 16 rings (SSSR count). The molecule has 16 aliphatic carbocycles. The van der Waals surface area contributed by atoms with Crippen LogP contribution in [0.5, 0.6) is 0 Å². The van der Waals surface area contributed by atoms with Gasteiger partial charge in [0.05, 0.1) is 27.9 Å². The van der Waals surface area contributed by atoms with Crippen molar-refractivity contribution in [2.24, 2.45) is 116 Å². The Morgan fingerprint density at radius 1 is 0.343 bits per heavy atom. The summed E-state index contributed by atoms with van der Waals surface area (Å²) in [5.41, 5.74) is -1.29. The van der Waals surface area contributed by atoms with E-state index in [1.54, 1.807) is 0 Å². The van der Waals surface area contributed by atoms with Gasteiger partial charge in [-0.05, 0) is 180 Å².